The summed E-state index contributed by atoms with van der Waals surface area (Å²) in [5.74, 6) is -0.327. The first-order valence-electron chi connectivity index (χ1n) is 9.19. The normalized spacial score (nSPS) is 23.8. The van der Waals surface area contributed by atoms with E-state index in [9.17, 15) is 26.7 Å². The van der Waals surface area contributed by atoms with Crippen LogP contribution in [0.5, 0.6) is 5.75 Å². The maximum Gasteiger partial charge on any atom is 0.416 e. The first-order chi connectivity index (χ1) is 13.9. The van der Waals surface area contributed by atoms with Crippen LogP contribution in [-0.2, 0) is 16.0 Å². The molecule has 2 aliphatic rings. The van der Waals surface area contributed by atoms with Gasteiger partial charge < -0.3 is 5.11 Å². The van der Waals surface area contributed by atoms with E-state index in [2.05, 4.69) is 10.1 Å². The number of phenolic OH excluding ortho intramolecular Hbond substituents is 1. The first-order valence-corrected chi connectivity index (χ1v) is 11.0. The van der Waals surface area contributed by atoms with E-state index in [-0.39, 0.29) is 22.6 Å². The largest absolute Gasteiger partial charge is 0.507 e. The Kier molecular flexibility index (Phi) is 4.53. The molecule has 3 heterocycles. The summed E-state index contributed by atoms with van der Waals surface area (Å²) in [4.78, 5) is 4.39. The van der Waals surface area contributed by atoms with Crippen molar-refractivity contribution in [3.63, 3.8) is 0 Å². The zero-order chi connectivity index (χ0) is 21.9. The van der Waals surface area contributed by atoms with Crippen LogP contribution in [0.1, 0.15) is 24.5 Å². The predicted octanol–water partition coefficient (Wildman–Crippen LogP) is 1.98. The molecular formula is C20H19F3N3O3S+. The summed E-state index contributed by atoms with van der Waals surface area (Å²) in [6.45, 7) is 3.33. The third-order valence-corrected chi connectivity index (χ3v) is 7.19. The molecule has 1 aromatic heterocycles. The third kappa shape index (κ3) is 3.83. The smallest absolute Gasteiger partial charge is 0.416 e. The molecule has 2 aliphatic heterocycles. The standard InChI is InChI=1S/C20H18F3N3O3S/c1-12-7-14(20(21,22)23)8-16(27)17(12)15-4-3-13-9-26(25-18(13)24-15)10-19(2)5-6-30(28,29)11-19/h3-4,7-10H,5-6,11H2,1-2H3/p+1/b26-10+/t19-/m0/s1. The van der Waals surface area contributed by atoms with Crippen molar-refractivity contribution in [2.75, 3.05) is 11.5 Å². The minimum Gasteiger partial charge on any atom is -0.507 e. The van der Waals surface area contributed by atoms with Crippen LogP contribution in [0.4, 0.5) is 13.2 Å². The van der Waals surface area contributed by atoms with E-state index in [0.717, 1.165) is 6.07 Å². The second-order valence-corrected chi connectivity index (χ2v) is 10.2. The van der Waals surface area contributed by atoms with Crippen molar-refractivity contribution in [3.05, 3.63) is 46.1 Å². The summed E-state index contributed by atoms with van der Waals surface area (Å²) in [6.07, 6.45) is -0.596. The Labute approximate surface area is 170 Å². The fourth-order valence-electron chi connectivity index (χ4n) is 3.85. The summed E-state index contributed by atoms with van der Waals surface area (Å²) in [6, 6.07) is 4.96. The number of hydrogen-bond donors (Lipinski definition) is 1. The maximum atomic E-state index is 13.0. The average molecular weight is 438 g/mol. The molecule has 0 bridgehead atoms. The molecule has 0 aliphatic carbocycles. The summed E-state index contributed by atoms with van der Waals surface area (Å²) in [7, 11) is -3.07. The SMILES string of the molecule is Cc1cc(C(F)(F)F)cc(O)c1-c1ccc2c(n1)=N/[N+](=C/[C@]1(C)CCS(=O)(=O)C1)C=2. The van der Waals surface area contributed by atoms with Crippen molar-refractivity contribution in [2.24, 2.45) is 10.5 Å². The van der Waals surface area contributed by atoms with Crippen molar-refractivity contribution in [1.29, 1.82) is 0 Å². The lowest BCUT2D eigenvalue weighted by molar-refractivity contribution is -0.425. The molecule has 0 amide bonds. The van der Waals surface area contributed by atoms with Crippen LogP contribution in [0.15, 0.2) is 29.4 Å². The number of halogens is 3. The number of benzene rings is 1. The number of aromatic hydroxyl groups is 1. The summed E-state index contributed by atoms with van der Waals surface area (Å²) in [5.41, 5.74) is -0.383. The number of nitrogens with zero attached hydrogens (tertiary/aromatic N) is 3. The van der Waals surface area contributed by atoms with Crippen molar-refractivity contribution in [3.8, 4) is 17.0 Å². The maximum absolute atomic E-state index is 13.0. The number of phenols is 1. The number of pyridine rings is 1. The van der Waals surface area contributed by atoms with E-state index >= 15 is 0 Å². The molecule has 30 heavy (non-hydrogen) atoms. The Bertz CT molecular complexity index is 1290. The molecule has 6 nitrogen and oxygen atoms in total. The van der Waals surface area contributed by atoms with Gasteiger partial charge in [-0.2, -0.15) is 13.2 Å². The van der Waals surface area contributed by atoms with Gasteiger partial charge in [-0.25, -0.2) is 13.4 Å². The van der Waals surface area contributed by atoms with E-state index < -0.39 is 32.7 Å². The highest BCUT2D eigenvalue weighted by Gasteiger charge is 2.40. The number of fused-ring (bicyclic) bond motifs is 1. The minimum atomic E-state index is -4.56. The van der Waals surface area contributed by atoms with Crippen LogP contribution in [0.25, 0.3) is 17.5 Å². The van der Waals surface area contributed by atoms with Gasteiger partial charge >= 0.3 is 6.18 Å². The highest BCUT2D eigenvalue weighted by Crippen LogP contribution is 2.38. The van der Waals surface area contributed by atoms with Gasteiger partial charge in [-0.1, -0.05) is 4.68 Å². The van der Waals surface area contributed by atoms with Gasteiger partial charge in [0.15, 0.2) is 16.1 Å². The van der Waals surface area contributed by atoms with Crippen LogP contribution in [0.2, 0.25) is 0 Å². The van der Waals surface area contributed by atoms with E-state index in [4.69, 9.17) is 0 Å². The monoisotopic (exact) mass is 438 g/mol. The molecule has 158 valence electrons. The number of alkyl halides is 3. The van der Waals surface area contributed by atoms with Crippen molar-refractivity contribution < 1.29 is 31.4 Å². The number of aryl methyl sites for hydroxylation is 1. The van der Waals surface area contributed by atoms with Gasteiger partial charge in [0.1, 0.15) is 5.75 Å². The van der Waals surface area contributed by atoms with Crippen LogP contribution < -0.4 is 10.7 Å². The highest BCUT2D eigenvalue weighted by atomic mass is 32.2. The van der Waals surface area contributed by atoms with E-state index in [1.54, 1.807) is 24.5 Å². The van der Waals surface area contributed by atoms with E-state index in [1.165, 1.54) is 11.6 Å². The Balaban J connectivity index is 1.74. The molecule has 1 atom stereocenters. The molecule has 1 fully saturated rings. The Morgan fingerprint density at radius 3 is 2.60 bits per heavy atom. The van der Waals surface area contributed by atoms with Crippen LogP contribution >= 0.6 is 0 Å². The Morgan fingerprint density at radius 1 is 1.27 bits per heavy atom. The molecule has 0 saturated carbocycles. The number of rotatable bonds is 2. The average Bonchev–Trinajstić information content (AvgIpc) is 3.11. The van der Waals surface area contributed by atoms with Gasteiger partial charge in [-0.3, -0.25) is 0 Å². The van der Waals surface area contributed by atoms with Crippen LogP contribution in [0.3, 0.4) is 0 Å². The second-order valence-electron chi connectivity index (χ2n) is 8.03. The summed E-state index contributed by atoms with van der Waals surface area (Å²) in [5, 5.41) is 15.3. The van der Waals surface area contributed by atoms with Crippen LogP contribution in [0, 0.1) is 12.3 Å². The lowest BCUT2D eigenvalue weighted by Gasteiger charge is -2.12. The molecule has 0 radical (unpaired) electrons. The molecule has 10 heteroatoms. The summed E-state index contributed by atoms with van der Waals surface area (Å²) < 4.78 is 64.0. The van der Waals surface area contributed by atoms with Crippen molar-refractivity contribution in [2.45, 2.75) is 26.4 Å². The zero-order valence-electron chi connectivity index (χ0n) is 16.2. The van der Waals surface area contributed by atoms with E-state index in [1.807, 2.05) is 6.92 Å². The zero-order valence-corrected chi connectivity index (χ0v) is 17.0. The first kappa shape index (κ1) is 20.5. The number of aromatic nitrogens is 1. The molecule has 1 saturated heterocycles. The second kappa shape index (κ2) is 6.63. The van der Waals surface area contributed by atoms with Gasteiger partial charge in [-0.15, -0.1) is 0 Å². The fraction of sp³-hybridized carbons (Fsp3) is 0.350. The quantitative estimate of drug-likeness (QED) is 0.727. The summed E-state index contributed by atoms with van der Waals surface area (Å²) >= 11 is 0. The van der Waals surface area contributed by atoms with Gasteiger partial charge in [-0.05, 0) is 50.1 Å². The Hall–Kier alpha value is -2.75. The molecule has 0 spiro atoms. The molecule has 0 unspecified atom stereocenters. The number of hydrogen-bond acceptors (Lipinski definition) is 5. The van der Waals surface area contributed by atoms with Crippen LogP contribution in [-0.4, -0.2) is 40.9 Å². The molecule has 4 rings (SSSR count). The topological polar surface area (TPSA) is 82.6 Å². The highest BCUT2D eigenvalue weighted by molar-refractivity contribution is 7.91. The van der Waals surface area contributed by atoms with Gasteiger partial charge in [0, 0.05) is 10.7 Å². The third-order valence-electron chi connectivity index (χ3n) is 5.26. The van der Waals surface area contributed by atoms with Crippen molar-refractivity contribution >= 4 is 22.3 Å². The predicted molar refractivity (Wildman–Crippen MR) is 104 cm³/mol. The molecule has 1 N–H and O–H groups in total. The molecule has 1 aromatic carbocycles. The Morgan fingerprint density at radius 2 is 2.00 bits per heavy atom. The van der Waals surface area contributed by atoms with Gasteiger partial charge in [0.05, 0.1) is 33.4 Å². The van der Waals surface area contributed by atoms with Gasteiger partial charge in [0.25, 0.3) is 0 Å². The lowest BCUT2D eigenvalue weighted by atomic mass is 9.92. The number of sulfone groups is 1. The molecule has 2 aromatic rings. The fourth-order valence-corrected chi connectivity index (χ4v) is 5.99. The van der Waals surface area contributed by atoms with E-state index in [0.29, 0.717) is 28.9 Å². The minimum absolute atomic E-state index is 0.0491. The molecular weight excluding hydrogens is 419 g/mol. The van der Waals surface area contributed by atoms with Gasteiger partial charge in [0.2, 0.25) is 11.7 Å². The lowest BCUT2D eigenvalue weighted by Crippen LogP contribution is -2.25. The van der Waals surface area contributed by atoms with Crippen molar-refractivity contribution in [1.82, 2.24) is 4.98 Å².